The molecule has 0 aliphatic carbocycles. The second-order valence-corrected chi connectivity index (χ2v) is 5.66. The highest BCUT2D eigenvalue weighted by Gasteiger charge is 2.24. The lowest BCUT2D eigenvalue weighted by Gasteiger charge is -2.02. The van der Waals surface area contributed by atoms with Gasteiger partial charge in [0.05, 0.1) is 17.9 Å². The number of ether oxygens (including phenoxy) is 1. The fourth-order valence-corrected chi connectivity index (χ4v) is 2.59. The first kappa shape index (κ1) is 15.6. The van der Waals surface area contributed by atoms with Crippen molar-refractivity contribution in [1.29, 1.82) is 0 Å². The van der Waals surface area contributed by atoms with Crippen LogP contribution < -0.4 is 0 Å². The summed E-state index contributed by atoms with van der Waals surface area (Å²) in [5, 5.41) is 0. The van der Waals surface area contributed by atoms with Crippen LogP contribution in [0.25, 0.3) is 11.5 Å². The quantitative estimate of drug-likeness (QED) is 0.606. The van der Waals surface area contributed by atoms with Crippen LogP contribution >= 0.6 is 11.8 Å². The Hall–Kier alpha value is -1.75. The normalized spacial score (nSPS) is 10.9. The molecule has 2 aromatic rings. The van der Waals surface area contributed by atoms with Crippen molar-refractivity contribution in [3.8, 4) is 11.5 Å². The topological polar surface area (TPSA) is 52.3 Å². The van der Waals surface area contributed by atoms with Gasteiger partial charge in [-0.15, -0.1) is 11.8 Å². The molecule has 0 aliphatic rings. The highest BCUT2D eigenvalue weighted by Crippen LogP contribution is 2.32. The Morgan fingerprint density at radius 2 is 2.10 bits per heavy atom. The van der Waals surface area contributed by atoms with Crippen molar-refractivity contribution in [2.24, 2.45) is 0 Å². The fourth-order valence-electron chi connectivity index (χ4n) is 2.00. The smallest absolute Gasteiger partial charge is 0.376 e. The van der Waals surface area contributed by atoms with Crippen molar-refractivity contribution in [3.63, 3.8) is 0 Å². The fraction of sp³-hybridized carbons (Fsp3) is 0.375. The van der Waals surface area contributed by atoms with E-state index in [4.69, 9.17) is 9.15 Å². The Kier molecular flexibility index (Phi) is 5.07. The van der Waals surface area contributed by atoms with Gasteiger partial charge < -0.3 is 9.15 Å². The average Bonchev–Trinajstić information content (AvgIpc) is 2.92. The predicted molar refractivity (Wildman–Crippen MR) is 83.8 cm³/mol. The Labute approximate surface area is 128 Å². The van der Waals surface area contributed by atoms with Crippen LogP contribution in [0, 0.1) is 0 Å². The molecule has 0 saturated heterocycles. The SMILES string of the molecule is CCOC(=O)c1oc(-c2ccccc2SC)nc1C(C)C. The first-order valence-electron chi connectivity index (χ1n) is 6.89. The van der Waals surface area contributed by atoms with Gasteiger partial charge in [-0.2, -0.15) is 0 Å². The standard InChI is InChI=1S/C16H19NO3S/c1-5-19-16(18)14-13(10(2)3)17-15(20-14)11-8-6-7-9-12(11)21-4/h6-10H,5H2,1-4H3. The molecule has 0 aliphatic heterocycles. The Balaban J connectivity index is 2.51. The first-order valence-corrected chi connectivity index (χ1v) is 8.12. The summed E-state index contributed by atoms with van der Waals surface area (Å²) in [4.78, 5) is 17.6. The monoisotopic (exact) mass is 305 g/mol. The molecule has 21 heavy (non-hydrogen) atoms. The molecule has 0 saturated carbocycles. The van der Waals surface area contributed by atoms with Gasteiger partial charge in [0.2, 0.25) is 11.7 Å². The second kappa shape index (κ2) is 6.80. The Bertz CT molecular complexity index is 634. The molecule has 1 heterocycles. The molecular weight excluding hydrogens is 286 g/mol. The van der Waals surface area contributed by atoms with Gasteiger partial charge in [0.1, 0.15) is 0 Å². The summed E-state index contributed by atoms with van der Waals surface area (Å²) in [7, 11) is 0. The predicted octanol–water partition coefficient (Wildman–Crippen LogP) is 4.36. The number of hydrogen-bond acceptors (Lipinski definition) is 5. The van der Waals surface area contributed by atoms with Gasteiger partial charge >= 0.3 is 5.97 Å². The number of aromatic nitrogens is 1. The van der Waals surface area contributed by atoms with E-state index in [-0.39, 0.29) is 11.7 Å². The largest absolute Gasteiger partial charge is 0.460 e. The van der Waals surface area contributed by atoms with E-state index in [0.29, 0.717) is 18.2 Å². The molecule has 112 valence electrons. The van der Waals surface area contributed by atoms with Gasteiger partial charge in [-0.05, 0) is 31.2 Å². The molecule has 0 radical (unpaired) electrons. The van der Waals surface area contributed by atoms with Crippen LogP contribution in [-0.2, 0) is 4.74 Å². The molecule has 5 heteroatoms. The molecule has 1 aromatic heterocycles. The van der Waals surface area contributed by atoms with Crippen molar-refractivity contribution in [2.45, 2.75) is 31.6 Å². The molecule has 1 aromatic carbocycles. The average molecular weight is 305 g/mol. The number of benzene rings is 1. The van der Waals surface area contributed by atoms with E-state index in [1.807, 2.05) is 44.4 Å². The van der Waals surface area contributed by atoms with E-state index < -0.39 is 5.97 Å². The highest BCUT2D eigenvalue weighted by molar-refractivity contribution is 7.98. The maximum absolute atomic E-state index is 12.0. The van der Waals surface area contributed by atoms with Gasteiger partial charge in [0.25, 0.3) is 0 Å². The molecule has 2 rings (SSSR count). The van der Waals surface area contributed by atoms with E-state index in [2.05, 4.69) is 4.98 Å². The molecule has 0 N–H and O–H groups in total. The number of esters is 1. The molecular formula is C16H19NO3S. The zero-order valence-electron chi connectivity index (χ0n) is 12.7. The summed E-state index contributed by atoms with van der Waals surface area (Å²) >= 11 is 1.62. The van der Waals surface area contributed by atoms with E-state index in [1.54, 1.807) is 18.7 Å². The maximum Gasteiger partial charge on any atom is 0.376 e. The lowest BCUT2D eigenvalue weighted by atomic mass is 10.1. The van der Waals surface area contributed by atoms with E-state index >= 15 is 0 Å². The summed E-state index contributed by atoms with van der Waals surface area (Å²) in [5.74, 6) is 0.300. The van der Waals surface area contributed by atoms with Crippen LogP contribution in [0.15, 0.2) is 33.6 Å². The Morgan fingerprint density at radius 3 is 2.71 bits per heavy atom. The maximum atomic E-state index is 12.0. The van der Waals surface area contributed by atoms with Crippen LogP contribution in [0.4, 0.5) is 0 Å². The van der Waals surface area contributed by atoms with E-state index in [0.717, 1.165) is 10.5 Å². The summed E-state index contributed by atoms with van der Waals surface area (Å²) in [6.07, 6.45) is 2.00. The van der Waals surface area contributed by atoms with Crippen molar-refractivity contribution in [2.75, 3.05) is 12.9 Å². The summed E-state index contributed by atoms with van der Waals surface area (Å²) in [5.41, 5.74) is 1.53. The molecule has 0 unspecified atom stereocenters. The number of carbonyl (C=O) groups is 1. The van der Waals surface area contributed by atoms with Gasteiger partial charge in [-0.3, -0.25) is 0 Å². The minimum atomic E-state index is -0.457. The van der Waals surface area contributed by atoms with Crippen LogP contribution in [0.5, 0.6) is 0 Å². The molecule has 0 amide bonds. The van der Waals surface area contributed by atoms with Crippen LogP contribution in [-0.4, -0.2) is 23.8 Å². The van der Waals surface area contributed by atoms with E-state index in [9.17, 15) is 4.79 Å². The third-order valence-electron chi connectivity index (χ3n) is 3.00. The van der Waals surface area contributed by atoms with Gasteiger partial charge in [-0.1, -0.05) is 26.0 Å². The van der Waals surface area contributed by atoms with Crippen LogP contribution in [0.1, 0.15) is 42.9 Å². The molecule has 4 nitrogen and oxygen atoms in total. The lowest BCUT2D eigenvalue weighted by molar-refractivity contribution is 0.0488. The first-order chi connectivity index (χ1) is 10.1. The lowest BCUT2D eigenvalue weighted by Crippen LogP contribution is -2.07. The van der Waals surface area contributed by atoms with E-state index in [1.165, 1.54) is 0 Å². The minimum Gasteiger partial charge on any atom is -0.460 e. The van der Waals surface area contributed by atoms with Crippen LogP contribution in [0.2, 0.25) is 0 Å². The summed E-state index contributed by atoms with van der Waals surface area (Å²) in [6.45, 7) is 6.04. The van der Waals surface area contributed by atoms with Crippen LogP contribution in [0.3, 0.4) is 0 Å². The number of oxazole rings is 1. The van der Waals surface area contributed by atoms with Gasteiger partial charge in [-0.25, -0.2) is 9.78 Å². The molecule has 0 fully saturated rings. The van der Waals surface area contributed by atoms with Crippen molar-refractivity contribution >= 4 is 17.7 Å². The number of nitrogens with zero attached hydrogens (tertiary/aromatic N) is 1. The minimum absolute atomic E-state index is 0.0864. The zero-order chi connectivity index (χ0) is 15.4. The van der Waals surface area contributed by atoms with Gasteiger partial charge in [0, 0.05) is 4.90 Å². The molecule has 0 bridgehead atoms. The van der Waals surface area contributed by atoms with Crippen molar-refractivity contribution < 1.29 is 13.9 Å². The van der Waals surface area contributed by atoms with Crippen molar-refractivity contribution in [1.82, 2.24) is 4.98 Å². The number of carbonyl (C=O) groups excluding carboxylic acids is 1. The summed E-state index contributed by atoms with van der Waals surface area (Å²) in [6, 6.07) is 7.84. The van der Waals surface area contributed by atoms with Gasteiger partial charge in [0.15, 0.2) is 0 Å². The number of hydrogen-bond donors (Lipinski definition) is 0. The number of thioether (sulfide) groups is 1. The summed E-state index contributed by atoms with van der Waals surface area (Å²) < 4.78 is 10.8. The third-order valence-corrected chi connectivity index (χ3v) is 3.79. The zero-order valence-corrected chi connectivity index (χ0v) is 13.5. The highest BCUT2D eigenvalue weighted by atomic mass is 32.2. The third kappa shape index (κ3) is 3.29. The molecule has 0 atom stereocenters. The number of rotatable bonds is 5. The molecule has 0 spiro atoms. The van der Waals surface area contributed by atoms with Crippen molar-refractivity contribution in [3.05, 3.63) is 35.7 Å². The second-order valence-electron chi connectivity index (χ2n) is 4.81. The Morgan fingerprint density at radius 1 is 1.38 bits per heavy atom.